The lowest BCUT2D eigenvalue weighted by Crippen LogP contribution is -2.13. The second kappa shape index (κ2) is 8.28. The first-order chi connectivity index (χ1) is 10.3. The van der Waals surface area contributed by atoms with Crippen LogP contribution >= 0.6 is 0 Å². The third kappa shape index (κ3) is 5.09. The molecule has 0 aromatic heterocycles. The van der Waals surface area contributed by atoms with E-state index in [2.05, 4.69) is 55.6 Å². The Balaban J connectivity index is 1.94. The Morgan fingerprint density at radius 3 is 2.67 bits per heavy atom. The predicted octanol–water partition coefficient (Wildman–Crippen LogP) is 4.20. The minimum atomic E-state index is 0.580. The van der Waals surface area contributed by atoms with Gasteiger partial charge in [-0.2, -0.15) is 0 Å². The van der Waals surface area contributed by atoms with E-state index in [1.807, 2.05) is 24.3 Å². The quantitative estimate of drug-likeness (QED) is 0.821. The second-order valence-electron chi connectivity index (χ2n) is 5.02. The normalized spacial score (nSPS) is 11.0. The van der Waals surface area contributed by atoms with Gasteiger partial charge in [0, 0.05) is 12.1 Å². The number of nitrogens with one attached hydrogen (secondary N) is 1. The molecule has 21 heavy (non-hydrogen) atoms. The van der Waals surface area contributed by atoms with Crippen LogP contribution in [-0.4, -0.2) is 13.2 Å². The molecule has 1 N–H and O–H groups in total. The van der Waals surface area contributed by atoms with Gasteiger partial charge in [0.1, 0.15) is 12.4 Å². The van der Waals surface area contributed by atoms with Gasteiger partial charge in [0.2, 0.25) is 0 Å². The van der Waals surface area contributed by atoms with Gasteiger partial charge in [0.05, 0.1) is 0 Å². The molecule has 0 aliphatic carbocycles. The minimum Gasteiger partial charge on any atom is -0.489 e. The van der Waals surface area contributed by atoms with Crippen molar-refractivity contribution in [3.05, 3.63) is 71.3 Å². The van der Waals surface area contributed by atoms with Gasteiger partial charge < -0.3 is 10.1 Å². The topological polar surface area (TPSA) is 21.3 Å². The molecule has 0 aliphatic rings. The highest BCUT2D eigenvalue weighted by Gasteiger charge is 2.02. The van der Waals surface area contributed by atoms with Crippen LogP contribution in [0.5, 0.6) is 5.75 Å². The third-order valence-electron chi connectivity index (χ3n) is 3.23. The van der Waals surface area contributed by atoms with Gasteiger partial charge in [-0.05, 0) is 31.2 Å². The summed E-state index contributed by atoms with van der Waals surface area (Å²) in [4.78, 5) is 0. The first-order valence-electron chi connectivity index (χ1n) is 7.44. The summed E-state index contributed by atoms with van der Waals surface area (Å²) in [5, 5.41) is 3.35. The highest BCUT2D eigenvalue weighted by Crippen LogP contribution is 2.20. The summed E-state index contributed by atoms with van der Waals surface area (Å²) in [6.07, 6.45) is 4.13. The molecule has 0 atom stereocenters. The lowest BCUT2D eigenvalue weighted by Gasteiger charge is -2.11. The lowest BCUT2D eigenvalue weighted by atomic mass is 10.1. The van der Waals surface area contributed by atoms with Gasteiger partial charge in [-0.25, -0.2) is 0 Å². The molecular formula is C19H23NO. The maximum atomic E-state index is 5.88. The Bertz CT molecular complexity index is 575. The molecule has 0 bridgehead atoms. The smallest absolute Gasteiger partial charge is 0.124 e. The maximum Gasteiger partial charge on any atom is 0.124 e. The van der Waals surface area contributed by atoms with Gasteiger partial charge in [-0.15, -0.1) is 0 Å². The zero-order valence-electron chi connectivity index (χ0n) is 12.8. The fourth-order valence-corrected chi connectivity index (χ4v) is 2.13. The summed E-state index contributed by atoms with van der Waals surface area (Å²) in [6.45, 7) is 6.60. The summed E-state index contributed by atoms with van der Waals surface area (Å²) >= 11 is 0. The van der Waals surface area contributed by atoms with Gasteiger partial charge in [0.15, 0.2) is 0 Å². The molecule has 0 radical (unpaired) electrons. The maximum absolute atomic E-state index is 5.88. The van der Waals surface area contributed by atoms with Crippen LogP contribution in [-0.2, 0) is 6.54 Å². The van der Waals surface area contributed by atoms with E-state index < -0.39 is 0 Å². The van der Waals surface area contributed by atoms with Gasteiger partial charge in [0.25, 0.3) is 0 Å². The van der Waals surface area contributed by atoms with Crippen LogP contribution in [0.25, 0.3) is 6.08 Å². The summed E-state index contributed by atoms with van der Waals surface area (Å²) < 4.78 is 5.88. The Morgan fingerprint density at radius 2 is 1.90 bits per heavy atom. The molecule has 2 heteroatoms. The first kappa shape index (κ1) is 15.3. The highest BCUT2D eigenvalue weighted by molar-refractivity contribution is 5.48. The van der Waals surface area contributed by atoms with E-state index in [4.69, 9.17) is 4.74 Å². The van der Waals surface area contributed by atoms with E-state index in [0.717, 1.165) is 18.8 Å². The SMILES string of the molecule is CCNCc1cc(C)ccc1OCC=Cc1ccccc1. The van der Waals surface area contributed by atoms with Crippen molar-refractivity contribution in [1.29, 1.82) is 0 Å². The second-order valence-corrected chi connectivity index (χ2v) is 5.02. The van der Waals surface area contributed by atoms with Crippen LogP contribution in [0.15, 0.2) is 54.6 Å². The van der Waals surface area contributed by atoms with Crippen LogP contribution in [0.3, 0.4) is 0 Å². The van der Waals surface area contributed by atoms with Gasteiger partial charge in [-0.1, -0.05) is 61.0 Å². The molecule has 0 unspecified atom stereocenters. The largest absolute Gasteiger partial charge is 0.489 e. The molecule has 110 valence electrons. The van der Waals surface area contributed by atoms with Crippen LogP contribution in [0.2, 0.25) is 0 Å². The summed E-state index contributed by atoms with van der Waals surface area (Å²) in [6, 6.07) is 16.6. The molecule has 0 heterocycles. The molecular weight excluding hydrogens is 258 g/mol. The van der Waals surface area contributed by atoms with Crippen LogP contribution in [0, 0.1) is 6.92 Å². The summed E-state index contributed by atoms with van der Waals surface area (Å²) in [7, 11) is 0. The molecule has 0 amide bonds. The van der Waals surface area contributed by atoms with Crippen molar-refractivity contribution in [2.45, 2.75) is 20.4 Å². The standard InChI is InChI=1S/C19H23NO/c1-3-20-15-18-14-16(2)11-12-19(18)21-13-7-10-17-8-5-4-6-9-17/h4-12,14,20H,3,13,15H2,1-2H3. The zero-order valence-corrected chi connectivity index (χ0v) is 12.8. The number of benzene rings is 2. The van der Waals surface area contributed by atoms with E-state index in [1.165, 1.54) is 16.7 Å². The highest BCUT2D eigenvalue weighted by atomic mass is 16.5. The van der Waals surface area contributed by atoms with Gasteiger partial charge in [-0.3, -0.25) is 0 Å². The molecule has 0 saturated heterocycles. The number of rotatable bonds is 7. The Hall–Kier alpha value is -2.06. The Labute approximate surface area is 127 Å². The van der Waals surface area contributed by atoms with Gasteiger partial charge >= 0.3 is 0 Å². The number of aryl methyl sites for hydroxylation is 1. The van der Waals surface area contributed by atoms with Crippen LogP contribution in [0.4, 0.5) is 0 Å². The monoisotopic (exact) mass is 281 g/mol. The average Bonchev–Trinajstić information content (AvgIpc) is 2.52. The van der Waals surface area contributed by atoms with Crippen molar-refractivity contribution >= 4 is 6.08 Å². The zero-order chi connectivity index (χ0) is 14.9. The van der Waals surface area contributed by atoms with Crippen LogP contribution < -0.4 is 10.1 Å². The van der Waals surface area contributed by atoms with E-state index >= 15 is 0 Å². The van der Waals surface area contributed by atoms with Crippen LogP contribution in [0.1, 0.15) is 23.6 Å². The van der Waals surface area contributed by atoms with E-state index in [-0.39, 0.29) is 0 Å². The van der Waals surface area contributed by atoms with Crippen molar-refractivity contribution in [2.24, 2.45) is 0 Å². The fraction of sp³-hybridized carbons (Fsp3) is 0.263. The molecule has 2 aromatic rings. The first-order valence-corrected chi connectivity index (χ1v) is 7.44. The van der Waals surface area contributed by atoms with Crippen molar-refractivity contribution in [3.63, 3.8) is 0 Å². The molecule has 2 rings (SSSR count). The molecule has 2 aromatic carbocycles. The molecule has 2 nitrogen and oxygen atoms in total. The predicted molar refractivity (Wildman–Crippen MR) is 89.5 cm³/mol. The van der Waals surface area contributed by atoms with Crippen molar-refractivity contribution in [1.82, 2.24) is 5.32 Å². The number of hydrogen-bond acceptors (Lipinski definition) is 2. The number of hydrogen-bond donors (Lipinski definition) is 1. The van der Waals surface area contributed by atoms with Crippen molar-refractivity contribution in [2.75, 3.05) is 13.2 Å². The van der Waals surface area contributed by atoms with E-state index in [9.17, 15) is 0 Å². The van der Waals surface area contributed by atoms with E-state index in [1.54, 1.807) is 0 Å². The fourth-order valence-electron chi connectivity index (χ4n) is 2.13. The minimum absolute atomic E-state index is 0.580. The molecule has 0 aliphatic heterocycles. The Morgan fingerprint density at radius 1 is 1.10 bits per heavy atom. The molecule has 0 spiro atoms. The lowest BCUT2D eigenvalue weighted by molar-refractivity contribution is 0.358. The Kier molecular flexibility index (Phi) is 6.04. The summed E-state index contributed by atoms with van der Waals surface area (Å²) in [5.74, 6) is 0.958. The molecule has 0 saturated carbocycles. The van der Waals surface area contributed by atoms with E-state index in [0.29, 0.717) is 6.61 Å². The van der Waals surface area contributed by atoms with Crippen molar-refractivity contribution in [3.8, 4) is 5.75 Å². The molecule has 0 fully saturated rings. The summed E-state index contributed by atoms with van der Waals surface area (Å²) in [5.41, 5.74) is 3.66. The average molecular weight is 281 g/mol. The van der Waals surface area contributed by atoms with Crippen molar-refractivity contribution < 1.29 is 4.74 Å². The number of ether oxygens (including phenoxy) is 1. The third-order valence-corrected chi connectivity index (χ3v) is 3.23.